The van der Waals surface area contributed by atoms with Crippen molar-refractivity contribution in [3.8, 4) is 0 Å². The monoisotopic (exact) mass is 342 g/mol. The molecule has 3 nitrogen and oxygen atoms in total. The molecular formula is C15H16Cl2N2OS. The van der Waals surface area contributed by atoms with Gasteiger partial charge in [-0.15, -0.1) is 0 Å². The van der Waals surface area contributed by atoms with Gasteiger partial charge in [0.05, 0.1) is 21.8 Å². The molecule has 0 heterocycles. The number of nitrogens with one attached hydrogen (secondary N) is 2. The zero-order valence-electron chi connectivity index (χ0n) is 11.4. The van der Waals surface area contributed by atoms with Crippen molar-refractivity contribution in [1.29, 1.82) is 0 Å². The van der Waals surface area contributed by atoms with Crippen LogP contribution >= 0.6 is 36.7 Å². The molecule has 21 heavy (non-hydrogen) atoms. The summed E-state index contributed by atoms with van der Waals surface area (Å²) in [7, 11) is 0. The van der Waals surface area contributed by atoms with Gasteiger partial charge >= 0.3 is 6.03 Å². The predicted molar refractivity (Wildman–Crippen MR) is 93.9 cm³/mol. The van der Waals surface area contributed by atoms with Crippen molar-refractivity contribution >= 4 is 48.4 Å². The minimum Gasteiger partial charge on any atom is -0.331 e. The minimum absolute atomic E-state index is 0. The lowest BCUT2D eigenvalue weighted by molar-refractivity contribution is 0.249. The summed E-state index contributed by atoms with van der Waals surface area (Å²) in [4.78, 5) is 11.9. The first-order valence-corrected chi connectivity index (χ1v) is 6.90. The fourth-order valence-corrected chi connectivity index (χ4v) is 2.13. The second-order valence-electron chi connectivity index (χ2n) is 4.33. The molecule has 0 aliphatic rings. The molecule has 0 aliphatic heterocycles. The van der Waals surface area contributed by atoms with Gasteiger partial charge in [-0.2, -0.15) is 13.5 Å². The molecule has 2 aromatic carbocycles. The topological polar surface area (TPSA) is 41.1 Å². The highest BCUT2D eigenvalue weighted by Crippen LogP contribution is 2.29. The van der Waals surface area contributed by atoms with Gasteiger partial charge in [0.15, 0.2) is 0 Å². The Labute approximate surface area is 141 Å². The van der Waals surface area contributed by atoms with Gasteiger partial charge in [-0.25, -0.2) is 4.79 Å². The molecule has 0 fully saturated rings. The Hall–Kier alpha value is -1.36. The van der Waals surface area contributed by atoms with E-state index in [-0.39, 0.29) is 25.6 Å². The van der Waals surface area contributed by atoms with E-state index in [1.807, 2.05) is 37.3 Å². The summed E-state index contributed by atoms with van der Waals surface area (Å²) < 4.78 is 0. The van der Waals surface area contributed by atoms with Gasteiger partial charge in [-0.05, 0) is 24.6 Å². The van der Waals surface area contributed by atoms with E-state index in [0.717, 1.165) is 5.56 Å². The maximum Gasteiger partial charge on any atom is 0.319 e. The van der Waals surface area contributed by atoms with E-state index in [2.05, 4.69) is 10.6 Å². The summed E-state index contributed by atoms with van der Waals surface area (Å²) in [5, 5.41) is 6.26. The zero-order valence-corrected chi connectivity index (χ0v) is 13.9. The summed E-state index contributed by atoms with van der Waals surface area (Å²) in [5.41, 5.74) is 1.51. The molecule has 2 N–H and O–H groups in total. The van der Waals surface area contributed by atoms with Crippen LogP contribution in [0.2, 0.25) is 10.0 Å². The van der Waals surface area contributed by atoms with Gasteiger partial charge in [-0.1, -0.05) is 59.6 Å². The van der Waals surface area contributed by atoms with Gasteiger partial charge < -0.3 is 10.6 Å². The van der Waals surface area contributed by atoms with Gasteiger partial charge in [0.1, 0.15) is 0 Å². The van der Waals surface area contributed by atoms with Crippen LogP contribution in [0.25, 0.3) is 0 Å². The third kappa shape index (κ3) is 4.84. The third-order valence-corrected chi connectivity index (χ3v) is 3.67. The smallest absolute Gasteiger partial charge is 0.319 e. The standard InChI is InChI=1S/C15H14Cl2N2O.H2S/c1-10(11-6-3-2-4-7-11)18-15(20)19-13-9-5-8-12(16)14(13)17;/h2-10H,1H3,(H2,18,19,20);1H2/t10-;/m0./s1. The van der Waals surface area contributed by atoms with Crippen LogP contribution in [-0.2, 0) is 0 Å². The number of halogens is 2. The van der Waals surface area contributed by atoms with Crippen molar-refractivity contribution in [1.82, 2.24) is 5.32 Å². The van der Waals surface area contributed by atoms with Gasteiger partial charge in [0.25, 0.3) is 0 Å². The second-order valence-corrected chi connectivity index (χ2v) is 5.12. The quantitative estimate of drug-likeness (QED) is 0.810. The minimum atomic E-state index is -0.328. The van der Waals surface area contributed by atoms with Gasteiger partial charge in [0, 0.05) is 0 Å². The molecule has 2 aromatic rings. The molecule has 112 valence electrons. The van der Waals surface area contributed by atoms with Crippen LogP contribution in [-0.4, -0.2) is 6.03 Å². The first-order chi connectivity index (χ1) is 9.58. The van der Waals surface area contributed by atoms with E-state index < -0.39 is 0 Å². The van der Waals surface area contributed by atoms with Crippen LogP contribution in [0.5, 0.6) is 0 Å². The Kier molecular flexibility index (Phi) is 6.89. The van der Waals surface area contributed by atoms with Crippen molar-refractivity contribution in [2.45, 2.75) is 13.0 Å². The maximum absolute atomic E-state index is 11.9. The fraction of sp³-hybridized carbons (Fsp3) is 0.133. The summed E-state index contributed by atoms with van der Waals surface area (Å²) in [6, 6.07) is 14.4. The number of carbonyl (C=O) groups is 1. The number of amides is 2. The summed E-state index contributed by atoms with van der Waals surface area (Å²) in [6.07, 6.45) is 0. The SMILES string of the molecule is C[C@H](NC(=O)Nc1cccc(Cl)c1Cl)c1ccccc1.S. The lowest BCUT2D eigenvalue weighted by Crippen LogP contribution is -2.31. The molecule has 2 rings (SSSR count). The second kappa shape index (κ2) is 8.17. The Morgan fingerprint density at radius 3 is 2.38 bits per heavy atom. The Bertz CT molecular complexity index is 608. The van der Waals surface area contributed by atoms with E-state index >= 15 is 0 Å². The fourth-order valence-electron chi connectivity index (χ4n) is 1.78. The number of hydrogen-bond donors (Lipinski definition) is 2. The number of benzene rings is 2. The molecule has 0 saturated carbocycles. The van der Waals surface area contributed by atoms with E-state index in [1.165, 1.54) is 0 Å². The average Bonchev–Trinajstić information content (AvgIpc) is 2.45. The normalized spacial score (nSPS) is 11.2. The highest BCUT2D eigenvalue weighted by molar-refractivity contribution is 7.59. The van der Waals surface area contributed by atoms with Crippen molar-refractivity contribution in [2.24, 2.45) is 0 Å². The first kappa shape index (κ1) is 17.7. The lowest BCUT2D eigenvalue weighted by atomic mass is 10.1. The molecule has 0 bridgehead atoms. The van der Waals surface area contributed by atoms with Crippen LogP contribution in [0.1, 0.15) is 18.5 Å². The predicted octanol–water partition coefficient (Wildman–Crippen LogP) is 4.99. The molecular weight excluding hydrogens is 327 g/mol. The van der Waals surface area contributed by atoms with Crippen LogP contribution < -0.4 is 10.6 Å². The van der Waals surface area contributed by atoms with E-state index in [1.54, 1.807) is 18.2 Å². The zero-order chi connectivity index (χ0) is 14.5. The van der Waals surface area contributed by atoms with Gasteiger partial charge in [-0.3, -0.25) is 0 Å². The van der Waals surface area contributed by atoms with E-state index in [4.69, 9.17) is 23.2 Å². The Balaban J connectivity index is 0.00000220. The maximum atomic E-state index is 11.9. The highest BCUT2D eigenvalue weighted by Gasteiger charge is 2.11. The van der Waals surface area contributed by atoms with Crippen molar-refractivity contribution in [3.63, 3.8) is 0 Å². The molecule has 6 heteroatoms. The Morgan fingerprint density at radius 1 is 1.05 bits per heavy atom. The highest BCUT2D eigenvalue weighted by atomic mass is 35.5. The molecule has 0 radical (unpaired) electrons. The largest absolute Gasteiger partial charge is 0.331 e. The number of hydrogen-bond acceptors (Lipinski definition) is 1. The Morgan fingerprint density at radius 2 is 1.71 bits per heavy atom. The van der Waals surface area contributed by atoms with Crippen LogP contribution in [0.4, 0.5) is 10.5 Å². The number of rotatable bonds is 3. The first-order valence-electron chi connectivity index (χ1n) is 6.14. The summed E-state index contributed by atoms with van der Waals surface area (Å²) in [5.74, 6) is 0. The third-order valence-electron chi connectivity index (χ3n) is 2.85. The van der Waals surface area contributed by atoms with Crippen LogP contribution in [0.15, 0.2) is 48.5 Å². The molecule has 0 unspecified atom stereocenters. The summed E-state index contributed by atoms with van der Waals surface area (Å²) in [6.45, 7) is 1.91. The van der Waals surface area contributed by atoms with Crippen molar-refractivity contribution in [3.05, 3.63) is 64.1 Å². The van der Waals surface area contributed by atoms with E-state index in [0.29, 0.717) is 15.7 Å². The van der Waals surface area contributed by atoms with Crippen molar-refractivity contribution in [2.75, 3.05) is 5.32 Å². The van der Waals surface area contributed by atoms with Crippen molar-refractivity contribution < 1.29 is 4.79 Å². The average molecular weight is 343 g/mol. The molecule has 0 saturated heterocycles. The van der Waals surface area contributed by atoms with E-state index in [9.17, 15) is 4.79 Å². The van der Waals surface area contributed by atoms with Crippen LogP contribution in [0.3, 0.4) is 0 Å². The summed E-state index contributed by atoms with van der Waals surface area (Å²) >= 11 is 11.9. The molecule has 0 spiro atoms. The number of anilines is 1. The number of urea groups is 1. The number of carbonyl (C=O) groups excluding carboxylic acids is 1. The molecule has 2 amide bonds. The lowest BCUT2D eigenvalue weighted by Gasteiger charge is -2.15. The molecule has 0 aromatic heterocycles. The van der Waals surface area contributed by atoms with Gasteiger partial charge in [0.2, 0.25) is 0 Å². The molecule has 0 aliphatic carbocycles. The molecule has 1 atom stereocenters. The van der Waals surface area contributed by atoms with Crippen LogP contribution in [0, 0.1) is 0 Å².